The Morgan fingerprint density at radius 2 is 1.89 bits per heavy atom. The predicted molar refractivity (Wildman–Crippen MR) is 65.8 cm³/mol. The standard InChI is InChI=1S/C12H16ClF3N2O/c1-11(2,3)9(19-4)10-17-6-7(5-13)8(18-10)12(14,15)16/h6,9H,5H2,1-4H3. The minimum atomic E-state index is -4.56. The first-order valence-electron chi connectivity index (χ1n) is 5.63. The van der Waals surface area contributed by atoms with Gasteiger partial charge in [-0.15, -0.1) is 11.6 Å². The Balaban J connectivity index is 3.32. The minimum Gasteiger partial charge on any atom is -0.373 e. The Labute approximate surface area is 115 Å². The fourth-order valence-corrected chi connectivity index (χ4v) is 1.93. The van der Waals surface area contributed by atoms with E-state index in [1.165, 1.54) is 7.11 Å². The molecule has 1 atom stereocenters. The molecule has 0 radical (unpaired) electrons. The van der Waals surface area contributed by atoms with Gasteiger partial charge in [0, 0.05) is 18.9 Å². The molecule has 1 unspecified atom stereocenters. The number of ether oxygens (including phenoxy) is 1. The van der Waals surface area contributed by atoms with Gasteiger partial charge in [0.1, 0.15) is 6.10 Å². The van der Waals surface area contributed by atoms with E-state index >= 15 is 0 Å². The smallest absolute Gasteiger partial charge is 0.373 e. The van der Waals surface area contributed by atoms with Gasteiger partial charge in [-0.25, -0.2) is 9.97 Å². The first-order chi connectivity index (χ1) is 8.61. The Morgan fingerprint density at radius 1 is 1.32 bits per heavy atom. The number of nitrogens with zero attached hydrogens (tertiary/aromatic N) is 2. The number of halogens is 4. The summed E-state index contributed by atoms with van der Waals surface area (Å²) in [7, 11) is 1.42. The van der Waals surface area contributed by atoms with E-state index in [4.69, 9.17) is 16.3 Å². The average Bonchev–Trinajstić information content (AvgIpc) is 2.26. The molecule has 0 amide bonds. The molecule has 1 heterocycles. The summed E-state index contributed by atoms with van der Waals surface area (Å²) in [5.41, 5.74) is -1.56. The van der Waals surface area contributed by atoms with Gasteiger partial charge in [-0.2, -0.15) is 13.2 Å². The summed E-state index contributed by atoms with van der Waals surface area (Å²) in [6.45, 7) is 5.52. The molecule has 0 aliphatic heterocycles. The van der Waals surface area contributed by atoms with Crippen molar-refractivity contribution in [2.45, 2.75) is 38.9 Å². The molecule has 7 heteroatoms. The van der Waals surface area contributed by atoms with Crippen LogP contribution in [-0.2, 0) is 16.8 Å². The molecule has 3 nitrogen and oxygen atoms in total. The van der Waals surface area contributed by atoms with Crippen LogP contribution in [0.1, 0.15) is 44.0 Å². The highest BCUT2D eigenvalue weighted by molar-refractivity contribution is 6.17. The van der Waals surface area contributed by atoms with E-state index in [0.717, 1.165) is 6.20 Å². The number of alkyl halides is 4. The zero-order valence-corrected chi connectivity index (χ0v) is 11.9. The quantitative estimate of drug-likeness (QED) is 0.792. The molecule has 0 aliphatic rings. The second-order valence-electron chi connectivity index (χ2n) is 5.22. The van der Waals surface area contributed by atoms with Gasteiger partial charge in [-0.1, -0.05) is 20.8 Å². The van der Waals surface area contributed by atoms with Crippen molar-refractivity contribution in [1.82, 2.24) is 9.97 Å². The SMILES string of the molecule is COC(c1ncc(CCl)c(C(F)(F)F)n1)C(C)(C)C. The highest BCUT2D eigenvalue weighted by Gasteiger charge is 2.37. The monoisotopic (exact) mass is 296 g/mol. The molecule has 0 aromatic carbocycles. The van der Waals surface area contributed by atoms with Crippen LogP contribution in [0.2, 0.25) is 0 Å². The summed E-state index contributed by atoms with van der Waals surface area (Å²) >= 11 is 5.48. The van der Waals surface area contributed by atoms with Gasteiger partial charge in [0.05, 0.1) is 5.88 Å². The molecule has 1 rings (SSSR count). The van der Waals surface area contributed by atoms with Gasteiger partial charge >= 0.3 is 6.18 Å². The van der Waals surface area contributed by atoms with Crippen LogP contribution >= 0.6 is 11.6 Å². The first-order valence-corrected chi connectivity index (χ1v) is 6.16. The van der Waals surface area contributed by atoms with Crippen LogP contribution in [0, 0.1) is 5.41 Å². The van der Waals surface area contributed by atoms with Gasteiger partial charge in [0.2, 0.25) is 0 Å². The zero-order valence-electron chi connectivity index (χ0n) is 11.2. The summed E-state index contributed by atoms with van der Waals surface area (Å²) in [6.07, 6.45) is -4.08. The fourth-order valence-electron chi connectivity index (χ4n) is 1.74. The van der Waals surface area contributed by atoms with E-state index in [1.807, 2.05) is 20.8 Å². The van der Waals surface area contributed by atoms with Crippen LogP contribution in [0.4, 0.5) is 13.2 Å². The van der Waals surface area contributed by atoms with Crippen LogP contribution in [-0.4, -0.2) is 17.1 Å². The number of methoxy groups -OCH3 is 1. The second kappa shape index (κ2) is 5.63. The van der Waals surface area contributed by atoms with Gasteiger partial charge in [0.25, 0.3) is 0 Å². The third kappa shape index (κ3) is 3.79. The van der Waals surface area contributed by atoms with Crippen LogP contribution in [0.25, 0.3) is 0 Å². The van der Waals surface area contributed by atoms with Crippen LogP contribution in [0.3, 0.4) is 0 Å². The van der Waals surface area contributed by atoms with E-state index in [2.05, 4.69) is 9.97 Å². The van der Waals surface area contributed by atoms with Crippen molar-refractivity contribution < 1.29 is 17.9 Å². The number of rotatable bonds is 3. The highest BCUT2D eigenvalue weighted by atomic mass is 35.5. The molecule has 108 valence electrons. The molecule has 0 saturated carbocycles. The number of aromatic nitrogens is 2. The Kier molecular flexibility index (Phi) is 4.79. The topological polar surface area (TPSA) is 35.0 Å². The van der Waals surface area contributed by atoms with Gasteiger partial charge in [-0.05, 0) is 5.41 Å². The molecular weight excluding hydrogens is 281 g/mol. The van der Waals surface area contributed by atoms with Crippen molar-refractivity contribution in [3.8, 4) is 0 Å². The summed E-state index contributed by atoms with van der Waals surface area (Å²) in [5.74, 6) is -0.279. The third-order valence-electron chi connectivity index (χ3n) is 2.55. The molecular formula is C12H16ClF3N2O. The molecule has 0 N–H and O–H groups in total. The summed E-state index contributed by atoms with van der Waals surface area (Å²) in [4.78, 5) is 7.55. The number of hydrogen-bond donors (Lipinski definition) is 0. The van der Waals surface area contributed by atoms with Gasteiger partial charge in [0.15, 0.2) is 11.5 Å². The van der Waals surface area contributed by atoms with E-state index in [9.17, 15) is 13.2 Å². The van der Waals surface area contributed by atoms with Crippen LogP contribution < -0.4 is 0 Å². The Bertz CT molecular complexity index is 444. The summed E-state index contributed by atoms with van der Waals surface area (Å²) < 4.78 is 43.9. The highest BCUT2D eigenvalue weighted by Crippen LogP contribution is 2.36. The van der Waals surface area contributed by atoms with Gasteiger partial charge in [-0.3, -0.25) is 0 Å². The first kappa shape index (κ1) is 16.2. The average molecular weight is 297 g/mol. The third-order valence-corrected chi connectivity index (χ3v) is 2.84. The molecule has 1 aromatic heterocycles. The summed E-state index contributed by atoms with van der Waals surface area (Å²) in [5, 5.41) is 0. The Morgan fingerprint density at radius 3 is 2.26 bits per heavy atom. The van der Waals surface area contributed by atoms with E-state index in [-0.39, 0.29) is 17.3 Å². The normalized spacial score (nSPS) is 14.5. The van der Waals surface area contributed by atoms with Crippen molar-refractivity contribution in [3.63, 3.8) is 0 Å². The molecule has 0 saturated heterocycles. The van der Waals surface area contributed by atoms with Crippen molar-refractivity contribution >= 4 is 11.6 Å². The van der Waals surface area contributed by atoms with Crippen LogP contribution in [0.5, 0.6) is 0 Å². The predicted octanol–water partition coefficient (Wildman–Crippen LogP) is 3.97. The summed E-state index contributed by atoms with van der Waals surface area (Å²) in [6, 6.07) is 0. The molecule has 0 fully saturated rings. The largest absolute Gasteiger partial charge is 0.433 e. The Hall–Kier alpha value is -0.880. The van der Waals surface area contributed by atoms with Crippen molar-refractivity contribution in [1.29, 1.82) is 0 Å². The lowest BCUT2D eigenvalue weighted by Crippen LogP contribution is -2.24. The lowest BCUT2D eigenvalue weighted by Gasteiger charge is -2.28. The van der Waals surface area contributed by atoms with Crippen molar-refractivity contribution in [2.24, 2.45) is 5.41 Å². The number of hydrogen-bond acceptors (Lipinski definition) is 3. The van der Waals surface area contributed by atoms with Crippen molar-refractivity contribution in [2.75, 3.05) is 7.11 Å². The molecule has 0 spiro atoms. The molecule has 0 aliphatic carbocycles. The fraction of sp³-hybridized carbons (Fsp3) is 0.667. The minimum absolute atomic E-state index is 0.0104. The lowest BCUT2D eigenvalue weighted by molar-refractivity contribution is -0.142. The maximum Gasteiger partial charge on any atom is 0.433 e. The van der Waals surface area contributed by atoms with E-state index in [1.54, 1.807) is 0 Å². The van der Waals surface area contributed by atoms with E-state index < -0.39 is 23.4 Å². The maximum atomic E-state index is 12.9. The molecule has 19 heavy (non-hydrogen) atoms. The van der Waals surface area contributed by atoms with Crippen LogP contribution in [0.15, 0.2) is 6.20 Å². The van der Waals surface area contributed by atoms with Gasteiger partial charge < -0.3 is 4.74 Å². The molecule has 1 aromatic rings. The lowest BCUT2D eigenvalue weighted by atomic mass is 9.88. The van der Waals surface area contributed by atoms with E-state index in [0.29, 0.717) is 0 Å². The van der Waals surface area contributed by atoms with Crippen molar-refractivity contribution in [3.05, 3.63) is 23.3 Å². The zero-order chi connectivity index (χ0) is 14.8. The second-order valence-corrected chi connectivity index (χ2v) is 5.48. The maximum absolute atomic E-state index is 12.9. The molecule has 0 bridgehead atoms.